The maximum absolute atomic E-state index is 3.72. The maximum atomic E-state index is 3.72. The highest BCUT2D eigenvalue weighted by atomic mass is 32.1. The molecule has 0 aliphatic heterocycles. The summed E-state index contributed by atoms with van der Waals surface area (Å²) in [7, 11) is 0. The molecule has 2 aliphatic rings. The molecule has 0 spiro atoms. The molecule has 1 N–H and O–H groups in total. The van der Waals surface area contributed by atoms with E-state index in [0.717, 1.165) is 17.9 Å². The molecule has 0 amide bonds. The van der Waals surface area contributed by atoms with Gasteiger partial charge in [-0.25, -0.2) is 0 Å². The van der Waals surface area contributed by atoms with Crippen LogP contribution >= 0.6 is 11.3 Å². The van der Waals surface area contributed by atoms with Gasteiger partial charge >= 0.3 is 0 Å². The van der Waals surface area contributed by atoms with E-state index < -0.39 is 0 Å². The lowest BCUT2D eigenvalue weighted by atomic mass is 9.90. The van der Waals surface area contributed by atoms with Crippen molar-refractivity contribution >= 4 is 11.3 Å². The highest BCUT2D eigenvalue weighted by Gasteiger charge is 2.29. The molecule has 2 aliphatic carbocycles. The smallest absolute Gasteiger partial charge is 0.00683 e. The zero-order valence-electron chi connectivity index (χ0n) is 10.5. The topological polar surface area (TPSA) is 12.0 Å². The summed E-state index contributed by atoms with van der Waals surface area (Å²) in [6.45, 7) is 1.29. The highest BCUT2D eigenvalue weighted by Crippen LogP contribution is 2.35. The molecule has 2 fully saturated rings. The average molecular weight is 249 g/mol. The van der Waals surface area contributed by atoms with Gasteiger partial charge in [-0.05, 0) is 72.9 Å². The van der Waals surface area contributed by atoms with E-state index in [0.29, 0.717) is 0 Å². The second-order valence-corrected chi connectivity index (χ2v) is 6.58. The van der Waals surface area contributed by atoms with Crippen molar-refractivity contribution in [1.29, 1.82) is 0 Å². The molecular formula is C15H23NS. The van der Waals surface area contributed by atoms with Crippen molar-refractivity contribution in [3.63, 3.8) is 0 Å². The predicted molar refractivity (Wildman–Crippen MR) is 74.5 cm³/mol. The number of aryl methyl sites for hydroxylation is 1. The molecule has 2 heteroatoms. The van der Waals surface area contributed by atoms with Gasteiger partial charge in [0.2, 0.25) is 0 Å². The number of hydrogen-bond donors (Lipinski definition) is 1. The third-order valence-electron chi connectivity index (χ3n) is 4.45. The Labute approximate surface area is 109 Å². The minimum atomic E-state index is 0.883. The van der Waals surface area contributed by atoms with Crippen LogP contribution in [0.3, 0.4) is 0 Å². The van der Waals surface area contributed by atoms with Crippen LogP contribution in [0.4, 0.5) is 0 Å². The van der Waals surface area contributed by atoms with Gasteiger partial charge in [0, 0.05) is 6.04 Å². The third-order valence-corrected chi connectivity index (χ3v) is 5.18. The van der Waals surface area contributed by atoms with Crippen LogP contribution in [0.15, 0.2) is 16.8 Å². The fourth-order valence-electron chi connectivity index (χ4n) is 3.15. The fraction of sp³-hybridized carbons (Fsp3) is 0.733. The van der Waals surface area contributed by atoms with Crippen LogP contribution in [-0.2, 0) is 6.42 Å². The first-order valence-corrected chi connectivity index (χ1v) is 8.10. The molecule has 17 heavy (non-hydrogen) atoms. The molecule has 3 rings (SSSR count). The normalized spacial score (nSPS) is 28.7. The van der Waals surface area contributed by atoms with Gasteiger partial charge in [-0.1, -0.05) is 12.8 Å². The minimum absolute atomic E-state index is 0.883. The van der Waals surface area contributed by atoms with Gasteiger partial charge in [0.25, 0.3) is 0 Å². The lowest BCUT2D eigenvalue weighted by molar-refractivity contribution is 0.347. The fourth-order valence-corrected chi connectivity index (χ4v) is 3.86. The molecule has 0 aromatic carbocycles. The molecule has 2 atom stereocenters. The Bertz CT molecular complexity index is 329. The van der Waals surface area contributed by atoms with E-state index in [1.807, 2.05) is 11.3 Å². The van der Waals surface area contributed by atoms with E-state index in [1.54, 1.807) is 5.56 Å². The largest absolute Gasteiger partial charge is 0.314 e. The first-order valence-electron chi connectivity index (χ1n) is 7.16. The first-order chi connectivity index (χ1) is 8.42. The molecular weight excluding hydrogens is 226 g/mol. The Morgan fingerprint density at radius 3 is 2.82 bits per heavy atom. The molecule has 0 radical (unpaired) electrons. The molecule has 0 bridgehead atoms. The zero-order valence-corrected chi connectivity index (χ0v) is 11.3. The van der Waals surface area contributed by atoms with Crippen molar-refractivity contribution in [1.82, 2.24) is 5.32 Å². The minimum Gasteiger partial charge on any atom is -0.314 e. The third kappa shape index (κ3) is 3.32. The van der Waals surface area contributed by atoms with E-state index in [2.05, 4.69) is 22.1 Å². The summed E-state index contributed by atoms with van der Waals surface area (Å²) in [5.41, 5.74) is 1.55. The maximum Gasteiger partial charge on any atom is 0.00683 e. The molecule has 1 nitrogen and oxygen atoms in total. The summed E-state index contributed by atoms with van der Waals surface area (Å²) in [6, 6.07) is 3.17. The molecule has 1 heterocycles. The zero-order chi connectivity index (χ0) is 11.5. The number of nitrogens with one attached hydrogen (secondary N) is 1. The predicted octanol–water partition coefficient (Wildman–Crippen LogP) is 3.85. The van der Waals surface area contributed by atoms with E-state index >= 15 is 0 Å². The van der Waals surface area contributed by atoms with E-state index in [-0.39, 0.29) is 0 Å². The number of thiophene rings is 1. The quantitative estimate of drug-likeness (QED) is 0.807. The van der Waals surface area contributed by atoms with Crippen molar-refractivity contribution in [2.45, 2.75) is 51.0 Å². The summed E-state index contributed by atoms with van der Waals surface area (Å²) in [5, 5.41) is 8.24. The van der Waals surface area contributed by atoms with E-state index in [1.165, 1.54) is 51.5 Å². The first kappa shape index (κ1) is 11.7. The van der Waals surface area contributed by atoms with E-state index in [4.69, 9.17) is 0 Å². The second-order valence-electron chi connectivity index (χ2n) is 5.80. The molecule has 1 aromatic heterocycles. The van der Waals surface area contributed by atoms with Crippen LogP contribution in [-0.4, -0.2) is 12.6 Å². The van der Waals surface area contributed by atoms with Gasteiger partial charge < -0.3 is 5.32 Å². The van der Waals surface area contributed by atoms with Gasteiger partial charge in [-0.3, -0.25) is 0 Å². The SMILES string of the molecule is c1cc(CCC2CCCC2CNC2CC2)cs1. The van der Waals surface area contributed by atoms with Crippen molar-refractivity contribution in [2.24, 2.45) is 11.8 Å². The van der Waals surface area contributed by atoms with E-state index in [9.17, 15) is 0 Å². The second kappa shape index (κ2) is 5.53. The summed E-state index contributed by atoms with van der Waals surface area (Å²) < 4.78 is 0. The van der Waals surface area contributed by atoms with Gasteiger partial charge in [0.05, 0.1) is 0 Å². The Kier molecular flexibility index (Phi) is 3.82. The molecule has 2 saturated carbocycles. The van der Waals surface area contributed by atoms with Gasteiger partial charge in [-0.15, -0.1) is 0 Å². The summed E-state index contributed by atoms with van der Waals surface area (Å²) >= 11 is 1.83. The highest BCUT2D eigenvalue weighted by molar-refractivity contribution is 7.07. The van der Waals surface area contributed by atoms with Gasteiger partial charge in [0.1, 0.15) is 0 Å². The molecule has 2 unspecified atom stereocenters. The Hall–Kier alpha value is -0.340. The Morgan fingerprint density at radius 2 is 2.06 bits per heavy atom. The van der Waals surface area contributed by atoms with Crippen LogP contribution in [0.1, 0.15) is 44.1 Å². The summed E-state index contributed by atoms with van der Waals surface area (Å²) in [5.74, 6) is 1.95. The van der Waals surface area contributed by atoms with Crippen LogP contribution in [0.2, 0.25) is 0 Å². The lowest BCUT2D eigenvalue weighted by Crippen LogP contribution is -2.27. The Balaban J connectivity index is 1.44. The van der Waals surface area contributed by atoms with Gasteiger partial charge in [0.15, 0.2) is 0 Å². The molecule has 1 aromatic rings. The van der Waals surface area contributed by atoms with Crippen molar-refractivity contribution in [3.8, 4) is 0 Å². The molecule has 94 valence electrons. The summed E-state index contributed by atoms with van der Waals surface area (Å²) in [4.78, 5) is 0. The van der Waals surface area contributed by atoms with Crippen LogP contribution in [0, 0.1) is 11.8 Å². The average Bonchev–Trinajstić information content (AvgIpc) is 2.86. The van der Waals surface area contributed by atoms with Crippen molar-refractivity contribution in [3.05, 3.63) is 22.4 Å². The van der Waals surface area contributed by atoms with Crippen molar-refractivity contribution in [2.75, 3.05) is 6.54 Å². The lowest BCUT2D eigenvalue weighted by Gasteiger charge is -2.19. The van der Waals surface area contributed by atoms with Crippen molar-refractivity contribution < 1.29 is 0 Å². The monoisotopic (exact) mass is 249 g/mol. The number of rotatable bonds is 6. The number of hydrogen-bond acceptors (Lipinski definition) is 2. The van der Waals surface area contributed by atoms with Crippen LogP contribution in [0.5, 0.6) is 0 Å². The standard InChI is InChI=1S/C15H23NS/c1-2-13(5-4-12-8-9-17-11-12)14(3-1)10-16-15-6-7-15/h8-9,11,13-16H,1-7,10H2. The van der Waals surface area contributed by atoms with Crippen LogP contribution < -0.4 is 5.32 Å². The van der Waals surface area contributed by atoms with Crippen LogP contribution in [0.25, 0.3) is 0 Å². The Morgan fingerprint density at radius 1 is 1.18 bits per heavy atom. The summed E-state index contributed by atoms with van der Waals surface area (Å²) in [6.07, 6.45) is 9.96. The molecule has 0 saturated heterocycles. The van der Waals surface area contributed by atoms with Gasteiger partial charge in [-0.2, -0.15) is 11.3 Å².